The summed E-state index contributed by atoms with van der Waals surface area (Å²) in [5.74, 6) is 1.96. The molecule has 3 fully saturated rings. The maximum absolute atomic E-state index is 13.4. The van der Waals surface area contributed by atoms with Gasteiger partial charge in [0, 0.05) is 20.3 Å². The second-order valence-corrected chi connectivity index (χ2v) is 20.1. The third-order valence-electron chi connectivity index (χ3n) is 13.3. The Hall–Kier alpha value is -1.01. The number of amides is 2. The van der Waals surface area contributed by atoms with Crippen molar-refractivity contribution in [3.63, 3.8) is 0 Å². The first-order chi connectivity index (χ1) is 24.3. The van der Waals surface area contributed by atoms with Crippen LogP contribution in [0.1, 0.15) is 129 Å². The van der Waals surface area contributed by atoms with Crippen molar-refractivity contribution < 1.29 is 33.8 Å². The van der Waals surface area contributed by atoms with Crippen LogP contribution < -0.4 is 10.6 Å². The van der Waals surface area contributed by atoms with Gasteiger partial charge in [0.1, 0.15) is 0 Å². The van der Waals surface area contributed by atoms with Crippen molar-refractivity contribution in [2.24, 2.45) is 46.3 Å². The summed E-state index contributed by atoms with van der Waals surface area (Å²) in [5.41, 5.74) is 0.660. The number of allylic oxidation sites excluding steroid dienone is 1. The Bertz CT molecular complexity index is 1590. The largest absolute Gasteiger partial charge is 0.426 e. The molecular weight excluding hydrogens is 1000 g/mol. The zero-order valence-corrected chi connectivity index (χ0v) is 38.0. The highest BCUT2D eigenvalue weighted by Crippen LogP contribution is 2.68. The van der Waals surface area contributed by atoms with Crippen LogP contribution in [0, 0.1) is 57.0 Å². The number of aliphatic hydroxyl groups is 1. The van der Waals surface area contributed by atoms with Gasteiger partial charge in [-0.05, 0) is 159 Å². The highest BCUT2D eigenvalue weighted by molar-refractivity contribution is 14.1. The summed E-state index contributed by atoms with van der Waals surface area (Å²) in [6, 6.07) is 0. The van der Waals surface area contributed by atoms with Gasteiger partial charge in [0.15, 0.2) is 5.60 Å². The molecule has 0 spiro atoms. The lowest BCUT2D eigenvalue weighted by molar-refractivity contribution is -0.178. The highest BCUT2D eigenvalue weighted by atomic mass is 127. The molecule has 288 valence electrons. The summed E-state index contributed by atoms with van der Waals surface area (Å²) in [6.07, 6.45) is 13.6. The number of anilines is 2. The Labute approximate surface area is 350 Å². The van der Waals surface area contributed by atoms with Crippen LogP contribution >= 0.6 is 67.8 Å². The second-order valence-electron chi connectivity index (χ2n) is 16.9. The van der Waals surface area contributed by atoms with Crippen LogP contribution in [0.15, 0.2) is 11.6 Å². The van der Waals surface area contributed by atoms with E-state index >= 15 is 0 Å². The monoisotopic (exact) mass is 1060 g/mol. The van der Waals surface area contributed by atoms with Gasteiger partial charge < -0.3 is 25.2 Å². The first-order valence-corrected chi connectivity index (χ1v) is 22.1. The number of carbonyl (C=O) groups is 4. The summed E-state index contributed by atoms with van der Waals surface area (Å²) in [6.45, 7) is 14.1. The SMILES string of the molecule is CC(=O)Nc1c(I)c(NC(C)=O)c(I)c(C(=O)OCOC(=O)C2(O)CC[C@@]3(C)C(=CC[C@H]4[C@@H]5CC[C@H]([C@H](C)CCCC(C)C)[C@@]5(C)CC[C@@H]43)C2)c1I. The molecule has 1 aromatic carbocycles. The molecule has 0 saturated heterocycles. The number of ether oxygens (including phenoxy) is 2. The molecule has 0 aromatic heterocycles. The molecule has 3 saturated carbocycles. The molecule has 52 heavy (non-hydrogen) atoms. The number of benzene rings is 1. The van der Waals surface area contributed by atoms with E-state index in [-0.39, 0.29) is 29.2 Å². The van der Waals surface area contributed by atoms with Crippen molar-refractivity contribution in [2.45, 2.75) is 125 Å². The predicted octanol–water partition coefficient (Wildman–Crippen LogP) is 9.85. The number of esters is 2. The number of rotatable bonds is 11. The van der Waals surface area contributed by atoms with Crippen LogP contribution in [-0.4, -0.2) is 41.3 Å². The Kier molecular flexibility index (Phi) is 13.5. The van der Waals surface area contributed by atoms with Crippen LogP contribution in [0.4, 0.5) is 11.4 Å². The molecule has 4 aliphatic carbocycles. The van der Waals surface area contributed by atoms with E-state index < -0.39 is 24.3 Å². The minimum atomic E-state index is -1.69. The minimum absolute atomic E-state index is 0.0559. The van der Waals surface area contributed by atoms with E-state index in [1.54, 1.807) is 0 Å². The van der Waals surface area contributed by atoms with E-state index in [2.05, 4.69) is 51.3 Å². The summed E-state index contributed by atoms with van der Waals surface area (Å²) in [5, 5.41) is 17.1. The summed E-state index contributed by atoms with van der Waals surface area (Å²) >= 11 is 5.91. The summed E-state index contributed by atoms with van der Waals surface area (Å²) in [7, 11) is 0. The third kappa shape index (κ3) is 8.24. The van der Waals surface area contributed by atoms with Crippen LogP contribution in [0.5, 0.6) is 0 Å². The number of nitrogens with one attached hydrogen (secondary N) is 2. The zero-order valence-electron chi connectivity index (χ0n) is 31.6. The average Bonchev–Trinajstić information content (AvgIpc) is 3.42. The molecule has 4 aliphatic rings. The second kappa shape index (κ2) is 16.6. The van der Waals surface area contributed by atoms with Crippen molar-refractivity contribution >= 4 is 103 Å². The summed E-state index contributed by atoms with van der Waals surface area (Å²) < 4.78 is 12.3. The molecule has 0 heterocycles. The van der Waals surface area contributed by atoms with Gasteiger partial charge in [-0.25, -0.2) is 9.59 Å². The fourth-order valence-electron chi connectivity index (χ4n) is 10.6. The molecule has 2 amide bonds. The fraction of sp³-hybridized carbons (Fsp3) is 0.700. The van der Waals surface area contributed by atoms with E-state index in [4.69, 9.17) is 9.47 Å². The maximum atomic E-state index is 13.4. The molecule has 1 unspecified atom stereocenters. The van der Waals surface area contributed by atoms with Crippen molar-refractivity contribution in [3.8, 4) is 0 Å². The predicted molar refractivity (Wildman–Crippen MR) is 228 cm³/mol. The van der Waals surface area contributed by atoms with Gasteiger partial charge >= 0.3 is 11.9 Å². The van der Waals surface area contributed by atoms with Crippen LogP contribution in [0.3, 0.4) is 0 Å². The lowest BCUT2D eigenvalue weighted by Gasteiger charge is -2.59. The Balaban J connectivity index is 1.24. The van der Waals surface area contributed by atoms with E-state index in [1.165, 1.54) is 58.8 Å². The third-order valence-corrected chi connectivity index (χ3v) is 16.5. The molecule has 5 rings (SSSR count). The zero-order chi connectivity index (χ0) is 38.3. The molecule has 12 heteroatoms. The van der Waals surface area contributed by atoms with E-state index in [0.29, 0.717) is 52.2 Å². The Morgan fingerprint density at radius 3 is 2.10 bits per heavy atom. The molecule has 1 aromatic rings. The molecule has 0 aliphatic heterocycles. The number of fused-ring (bicyclic) bond motifs is 5. The van der Waals surface area contributed by atoms with Crippen LogP contribution in [0.2, 0.25) is 0 Å². The van der Waals surface area contributed by atoms with E-state index in [1.807, 2.05) is 67.8 Å². The quantitative estimate of drug-likeness (QED) is 0.0871. The Morgan fingerprint density at radius 1 is 0.865 bits per heavy atom. The first kappa shape index (κ1) is 42.1. The van der Waals surface area contributed by atoms with Gasteiger partial charge in [-0.2, -0.15) is 0 Å². The molecule has 0 radical (unpaired) electrons. The van der Waals surface area contributed by atoms with Gasteiger partial charge in [0.05, 0.1) is 27.6 Å². The van der Waals surface area contributed by atoms with Crippen molar-refractivity contribution in [2.75, 3.05) is 17.4 Å². The smallest absolute Gasteiger partial charge is 0.343 e. The number of hydrogen-bond acceptors (Lipinski definition) is 7. The number of hydrogen-bond donors (Lipinski definition) is 3. The molecule has 9 nitrogen and oxygen atoms in total. The average molecular weight is 1060 g/mol. The fourth-order valence-corrected chi connectivity index (χ4v) is 14.7. The highest BCUT2D eigenvalue weighted by Gasteiger charge is 2.60. The van der Waals surface area contributed by atoms with Crippen LogP contribution in [-0.2, 0) is 23.9 Å². The number of halogens is 3. The first-order valence-electron chi connectivity index (χ1n) is 18.9. The topological polar surface area (TPSA) is 131 Å². The van der Waals surface area contributed by atoms with E-state index in [0.717, 1.165) is 35.7 Å². The standard InChI is InChI=1S/C40H55I3N2O7/c1-21(2)9-8-10-22(3)27-13-14-28-26-12-11-25-19-40(50,18-17-38(25,6)29(26)15-16-39(27,28)7)37(49)52-20-51-36(48)30-31(41)34(44-23(4)46)33(43)35(32(30)42)45-24(5)47/h11,21-22,26-29,50H,8-10,12-20H2,1-7H3,(H,44,46)(H,45,47)/t22-,26+,27-,28+,29+,38+,39-,40?/m1/s1. The molecule has 0 bridgehead atoms. The Morgan fingerprint density at radius 2 is 1.50 bits per heavy atom. The van der Waals surface area contributed by atoms with Crippen LogP contribution in [0.25, 0.3) is 0 Å². The van der Waals surface area contributed by atoms with Gasteiger partial charge in [0.25, 0.3) is 0 Å². The lowest BCUT2D eigenvalue weighted by Crippen LogP contribution is -2.54. The molecule has 8 atom stereocenters. The van der Waals surface area contributed by atoms with Gasteiger partial charge in [-0.3, -0.25) is 9.59 Å². The molecular formula is C40H55I3N2O7. The van der Waals surface area contributed by atoms with Crippen molar-refractivity contribution in [3.05, 3.63) is 27.9 Å². The van der Waals surface area contributed by atoms with E-state index in [9.17, 15) is 24.3 Å². The lowest BCUT2D eigenvalue weighted by atomic mass is 9.46. The normalized spacial score (nSPS) is 31.4. The summed E-state index contributed by atoms with van der Waals surface area (Å²) in [4.78, 5) is 50.7. The molecule has 3 N–H and O–H groups in total. The number of carbonyl (C=O) groups excluding carboxylic acids is 4. The van der Waals surface area contributed by atoms with Crippen molar-refractivity contribution in [1.82, 2.24) is 0 Å². The van der Waals surface area contributed by atoms with Gasteiger partial charge in [-0.15, -0.1) is 0 Å². The minimum Gasteiger partial charge on any atom is -0.426 e. The van der Waals surface area contributed by atoms with Gasteiger partial charge in [0.2, 0.25) is 18.6 Å². The van der Waals surface area contributed by atoms with Crippen molar-refractivity contribution in [1.29, 1.82) is 0 Å². The maximum Gasteiger partial charge on any atom is 0.343 e. The van der Waals surface area contributed by atoms with Gasteiger partial charge in [-0.1, -0.05) is 65.5 Å².